The predicted molar refractivity (Wildman–Crippen MR) is 92.3 cm³/mol. The molecule has 2 rings (SSSR count). The Morgan fingerprint density at radius 2 is 2.20 bits per heavy atom. The van der Waals surface area contributed by atoms with E-state index >= 15 is 0 Å². The highest BCUT2D eigenvalue weighted by molar-refractivity contribution is 6.30. The van der Waals surface area contributed by atoms with Crippen molar-refractivity contribution in [1.29, 1.82) is 0 Å². The van der Waals surface area contributed by atoms with Gasteiger partial charge in [-0.3, -0.25) is 4.79 Å². The first-order chi connectivity index (χ1) is 12.0. The monoisotopic (exact) mass is 369 g/mol. The van der Waals surface area contributed by atoms with Gasteiger partial charge in [-0.1, -0.05) is 11.6 Å². The smallest absolute Gasteiger partial charge is 0.271 e. The molecule has 6 nitrogen and oxygen atoms in total. The van der Waals surface area contributed by atoms with Gasteiger partial charge in [-0.25, -0.2) is 9.07 Å². The topological polar surface area (TPSA) is 65.4 Å². The van der Waals surface area contributed by atoms with E-state index in [4.69, 9.17) is 21.1 Å². The average molecular weight is 370 g/mol. The highest BCUT2D eigenvalue weighted by atomic mass is 35.5. The van der Waals surface area contributed by atoms with Crippen LogP contribution in [0.2, 0.25) is 5.02 Å². The minimum Gasteiger partial charge on any atom is -0.471 e. The fourth-order valence-corrected chi connectivity index (χ4v) is 2.12. The first kappa shape index (κ1) is 19.2. The summed E-state index contributed by atoms with van der Waals surface area (Å²) in [5, 5.41) is 6.90. The fourth-order valence-electron chi connectivity index (χ4n) is 1.95. The Kier molecular flexibility index (Phi) is 7.21. The number of rotatable bonds is 9. The van der Waals surface area contributed by atoms with Crippen LogP contribution in [0.1, 0.15) is 30.8 Å². The van der Waals surface area contributed by atoms with Crippen molar-refractivity contribution in [3.63, 3.8) is 0 Å². The molecular formula is C17H21ClFN3O3. The Morgan fingerprint density at radius 1 is 1.40 bits per heavy atom. The molecule has 8 heteroatoms. The molecule has 1 N–H and O–H groups in total. The van der Waals surface area contributed by atoms with Gasteiger partial charge in [0.25, 0.3) is 5.91 Å². The summed E-state index contributed by atoms with van der Waals surface area (Å²) < 4.78 is 25.4. The number of nitrogens with zero attached hydrogens (tertiary/aromatic N) is 2. The second-order valence-corrected chi connectivity index (χ2v) is 6.03. The quantitative estimate of drug-likeness (QED) is 0.689. The van der Waals surface area contributed by atoms with Crippen LogP contribution in [0.4, 0.5) is 4.39 Å². The molecule has 0 atom stereocenters. The highest BCUT2D eigenvalue weighted by Crippen LogP contribution is 2.21. The van der Waals surface area contributed by atoms with E-state index in [0.717, 1.165) is 6.42 Å². The van der Waals surface area contributed by atoms with E-state index in [0.29, 0.717) is 24.6 Å². The summed E-state index contributed by atoms with van der Waals surface area (Å²) in [6.07, 6.45) is 2.54. The van der Waals surface area contributed by atoms with Crippen molar-refractivity contribution in [2.45, 2.75) is 33.1 Å². The molecule has 25 heavy (non-hydrogen) atoms. The third kappa shape index (κ3) is 6.36. The molecule has 1 aromatic heterocycles. The Hall–Kier alpha value is -2.12. The van der Waals surface area contributed by atoms with Crippen molar-refractivity contribution in [1.82, 2.24) is 15.1 Å². The Labute approximate surface area is 150 Å². The van der Waals surface area contributed by atoms with E-state index in [9.17, 15) is 9.18 Å². The van der Waals surface area contributed by atoms with Crippen LogP contribution in [0.3, 0.4) is 0 Å². The summed E-state index contributed by atoms with van der Waals surface area (Å²) in [5.41, 5.74) is 0.297. The second-order valence-electron chi connectivity index (χ2n) is 5.62. The van der Waals surface area contributed by atoms with Crippen LogP contribution in [-0.4, -0.2) is 34.9 Å². The Bertz CT molecular complexity index is 706. The Balaban J connectivity index is 1.77. The third-order valence-corrected chi connectivity index (χ3v) is 3.48. The molecule has 0 unspecified atom stereocenters. The molecule has 1 aromatic carbocycles. The van der Waals surface area contributed by atoms with Crippen LogP contribution in [-0.2, 0) is 11.5 Å². The average Bonchev–Trinajstić information content (AvgIpc) is 3.04. The minimum absolute atomic E-state index is 0.0144. The normalized spacial score (nSPS) is 10.9. The first-order valence-corrected chi connectivity index (χ1v) is 8.34. The van der Waals surface area contributed by atoms with Crippen molar-refractivity contribution in [3.05, 3.63) is 47.0 Å². The maximum atomic E-state index is 13.1. The molecule has 0 saturated heterocycles. The van der Waals surface area contributed by atoms with Crippen molar-refractivity contribution < 1.29 is 18.7 Å². The van der Waals surface area contributed by atoms with E-state index in [1.54, 1.807) is 12.3 Å². The molecule has 136 valence electrons. The van der Waals surface area contributed by atoms with Crippen LogP contribution in [0.15, 0.2) is 30.5 Å². The van der Waals surface area contributed by atoms with Gasteiger partial charge < -0.3 is 14.8 Å². The zero-order valence-corrected chi connectivity index (χ0v) is 14.9. The number of amides is 1. The van der Waals surface area contributed by atoms with Crippen LogP contribution < -0.4 is 10.1 Å². The maximum Gasteiger partial charge on any atom is 0.271 e. The molecule has 2 aromatic rings. The molecule has 0 aliphatic heterocycles. The number of aromatic nitrogens is 2. The summed E-state index contributed by atoms with van der Waals surface area (Å²) >= 11 is 5.69. The number of carbonyl (C=O) groups is 1. The summed E-state index contributed by atoms with van der Waals surface area (Å²) in [6, 6.07) is 5.67. The van der Waals surface area contributed by atoms with E-state index in [1.165, 1.54) is 22.9 Å². The van der Waals surface area contributed by atoms with Crippen LogP contribution in [0.25, 0.3) is 0 Å². The third-order valence-electron chi connectivity index (χ3n) is 3.19. The molecule has 0 fully saturated rings. The largest absolute Gasteiger partial charge is 0.471 e. The molecular weight excluding hydrogens is 349 g/mol. The number of hydrogen-bond donors (Lipinski definition) is 1. The van der Waals surface area contributed by atoms with Gasteiger partial charge in [0, 0.05) is 25.4 Å². The lowest BCUT2D eigenvalue weighted by Gasteiger charge is -2.08. The van der Waals surface area contributed by atoms with Crippen molar-refractivity contribution >= 4 is 17.5 Å². The molecule has 0 aliphatic carbocycles. The van der Waals surface area contributed by atoms with Gasteiger partial charge >= 0.3 is 0 Å². The number of hydrogen-bond acceptors (Lipinski definition) is 4. The SMILES string of the molecule is CC(C)OCCCNC(=O)c1ccn(COc2ccc(F)c(Cl)c2)n1. The van der Waals surface area contributed by atoms with Gasteiger partial charge in [-0.15, -0.1) is 0 Å². The van der Waals surface area contributed by atoms with Gasteiger partial charge in [-0.05, 0) is 38.5 Å². The van der Waals surface area contributed by atoms with Crippen LogP contribution in [0, 0.1) is 5.82 Å². The zero-order valence-electron chi connectivity index (χ0n) is 14.2. The number of carbonyl (C=O) groups excluding carboxylic acids is 1. The standard InChI is InChI=1S/C17H21ClFN3O3/c1-12(2)24-9-3-7-20-17(23)16-6-8-22(21-16)11-25-13-4-5-15(19)14(18)10-13/h4-6,8,10,12H,3,7,9,11H2,1-2H3,(H,20,23). The molecule has 1 amide bonds. The van der Waals surface area contributed by atoms with E-state index in [2.05, 4.69) is 10.4 Å². The first-order valence-electron chi connectivity index (χ1n) is 7.97. The number of ether oxygens (including phenoxy) is 2. The maximum absolute atomic E-state index is 13.1. The molecule has 0 radical (unpaired) electrons. The number of nitrogens with one attached hydrogen (secondary N) is 1. The second kappa shape index (κ2) is 9.39. The summed E-state index contributed by atoms with van der Waals surface area (Å²) in [4.78, 5) is 12.0. The van der Waals surface area contributed by atoms with Crippen molar-refractivity contribution in [3.8, 4) is 5.75 Å². The van der Waals surface area contributed by atoms with Crippen LogP contribution >= 0.6 is 11.6 Å². The summed E-state index contributed by atoms with van der Waals surface area (Å²) in [7, 11) is 0. The molecule has 0 bridgehead atoms. The van der Waals surface area contributed by atoms with Crippen molar-refractivity contribution in [2.75, 3.05) is 13.2 Å². The predicted octanol–water partition coefficient (Wildman–Crippen LogP) is 3.26. The molecule has 0 saturated carbocycles. The van der Waals surface area contributed by atoms with Crippen LogP contribution in [0.5, 0.6) is 5.75 Å². The van der Waals surface area contributed by atoms with Gasteiger partial charge in [0.05, 0.1) is 11.1 Å². The van der Waals surface area contributed by atoms with Crippen molar-refractivity contribution in [2.24, 2.45) is 0 Å². The van der Waals surface area contributed by atoms with Gasteiger partial charge in [-0.2, -0.15) is 5.10 Å². The Morgan fingerprint density at radius 3 is 2.92 bits per heavy atom. The lowest BCUT2D eigenvalue weighted by atomic mass is 10.3. The van der Waals surface area contributed by atoms with E-state index in [-0.39, 0.29) is 23.8 Å². The fraction of sp³-hybridized carbons (Fsp3) is 0.412. The zero-order chi connectivity index (χ0) is 18.2. The summed E-state index contributed by atoms with van der Waals surface area (Å²) in [6.45, 7) is 5.13. The molecule has 0 aliphatic rings. The number of benzene rings is 1. The lowest BCUT2D eigenvalue weighted by Crippen LogP contribution is -2.26. The van der Waals surface area contributed by atoms with E-state index in [1.807, 2.05) is 13.8 Å². The molecule has 0 spiro atoms. The highest BCUT2D eigenvalue weighted by Gasteiger charge is 2.09. The number of halogens is 2. The van der Waals surface area contributed by atoms with Gasteiger partial charge in [0.1, 0.15) is 17.3 Å². The minimum atomic E-state index is -0.508. The van der Waals surface area contributed by atoms with Gasteiger partial charge in [0.15, 0.2) is 6.73 Å². The van der Waals surface area contributed by atoms with E-state index < -0.39 is 5.82 Å². The lowest BCUT2D eigenvalue weighted by molar-refractivity contribution is 0.0756. The summed E-state index contributed by atoms with van der Waals surface area (Å²) in [5.74, 6) is -0.350. The molecule has 1 heterocycles. The van der Waals surface area contributed by atoms with Gasteiger partial charge in [0.2, 0.25) is 0 Å².